The number of hydrogen-bond acceptors (Lipinski definition) is 0. The summed E-state index contributed by atoms with van der Waals surface area (Å²) < 4.78 is 0. The third-order valence-corrected chi connectivity index (χ3v) is 4.84. The predicted molar refractivity (Wildman–Crippen MR) is 196 cm³/mol. The molecule has 216 valence electrons. The lowest BCUT2D eigenvalue weighted by atomic mass is 10.2. The van der Waals surface area contributed by atoms with Gasteiger partial charge in [-0.2, -0.15) is 0 Å². The summed E-state index contributed by atoms with van der Waals surface area (Å²) in [6.45, 7) is 32.4. The molecule has 0 heterocycles. The van der Waals surface area contributed by atoms with Crippen LogP contribution in [-0.4, -0.2) is 0 Å². The van der Waals surface area contributed by atoms with E-state index in [2.05, 4.69) is 52.6 Å². The third-order valence-electron chi connectivity index (χ3n) is 4.84. The highest BCUT2D eigenvalue weighted by Crippen LogP contribution is 1.99. The summed E-state index contributed by atoms with van der Waals surface area (Å²) in [6, 6.07) is 40.1. The summed E-state index contributed by atoms with van der Waals surface area (Å²) in [5.41, 5.74) is 6.73. The van der Waals surface area contributed by atoms with Gasteiger partial charge in [-0.05, 0) is 36.1 Å². The van der Waals surface area contributed by atoms with Gasteiger partial charge in [0.1, 0.15) is 0 Å². The number of hydrogen-bond donors (Lipinski definition) is 0. The maximum absolute atomic E-state index is 3.63. The van der Waals surface area contributed by atoms with Crippen LogP contribution in [0.1, 0.15) is 36.1 Å². The van der Waals surface area contributed by atoms with Crippen LogP contribution in [0, 0.1) is 0 Å². The lowest BCUT2D eigenvalue weighted by molar-refractivity contribution is 1.58. The van der Waals surface area contributed by atoms with Crippen LogP contribution in [0.15, 0.2) is 197 Å². The highest BCUT2D eigenvalue weighted by atomic mass is 13.8. The minimum absolute atomic E-state index is 1.02. The van der Waals surface area contributed by atoms with E-state index in [4.69, 9.17) is 0 Å². The van der Waals surface area contributed by atoms with E-state index < -0.39 is 0 Å². The van der Waals surface area contributed by atoms with Crippen LogP contribution in [0.2, 0.25) is 0 Å². The molecule has 0 N–H and O–H groups in total. The Kier molecular flexibility index (Phi) is 26.7. The zero-order valence-corrected chi connectivity index (χ0v) is 25.7. The second-order valence-electron chi connectivity index (χ2n) is 8.56. The van der Waals surface area contributed by atoms with Gasteiger partial charge >= 0.3 is 0 Å². The maximum atomic E-state index is 3.63. The SMILES string of the molecule is C=CC(=C)C.C=CC(=C)C.C=Cc1ccccc1.C=Cc1ccccc1.C=Cc1ccccc1.C=Cc1ccccc1. The zero-order valence-electron chi connectivity index (χ0n) is 25.7. The van der Waals surface area contributed by atoms with Crippen molar-refractivity contribution < 1.29 is 0 Å². The van der Waals surface area contributed by atoms with Gasteiger partial charge in [0.2, 0.25) is 0 Å². The van der Waals surface area contributed by atoms with Crippen LogP contribution < -0.4 is 0 Å². The van der Waals surface area contributed by atoms with Crippen molar-refractivity contribution in [3.63, 3.8) is 0 Å². The molecule has 42 heavy (non-hydrogen) atoms. The number of allylic oxidation sites excluding steroid dienone is 4. The summed E-state index contributed by atoms with van der Waals surface area (Å²) in [4.78, 5) is 0. The standard InChI is InChI=1S/4C8H8.2C5H8/c4*1-2-8-6-4-3-5-7-8;2*1-4-5(2)3/h4*2-7H,1H2;2*4H,1-2H2,3H3. The van der Waals surface area contributed by atoms with Crippen molar-refractivity contribution in [3.8, 4) is 0 Å². The topological polar surface area (TPSA) is 0 Å². The second kappa shape index (κ2) is 28.8. The first-order valence-electron chi connectivity index (χ1n) is 13.5. The molecule has 0 atom stereocenters. The first kappa shape index (κ1) is 38.9. The molecule has 4 aromatic carbocycles. The predicted octanol–water partition coefficient (Wildman–Crippen LogP) is 12.8. The maximum Gasteiger partial charge on any atom is -0.0263 e. The molecule has 0 nitrogen and oxygen atoms in total. The number of rotatable bonds is 6. The lowest BCUT2D eigenvalue weighted by Gasteiger charge is -1.85. The summed E-state index contributed by atoms with van der Waals surface area (Å²) >= 11 is 0. The van der Waals surface area contributed by atoms with Gasteiger partial charge < -0.3 is 0 Å². The summed E-state index contributed by atoms with van der Waals surface area (Å²) in [5, 5.41) is 0. The van der Waals surface area contributed by atoms with Crippen LogP contribution in [-0.2, 0) is 0 Å². The molecule has 0 aliphatic heterocycles. The molecule has 0 heteroatoms. The van der Waals surface area contributed by atoms with Crippen molar-refractivity contribution >= 4 is 24.3 Å². The third kappa shape index (κ3) is 26.4. The van der Waals surface area contributed by atoms with Gasteiger partial charge in [-0.3, -0.25) is 0 Å². The Labute approximate surface area is 257 Å². The molecule has 4 rings (SSSR count). The summed E-state index contributed by atoms with van der Waals surface area (Å²) in [6.07, 6.45) is 10.8. The monoisotopic (exact) mass is 552 g/mol. The van der Waals surface area contributed by atoms with Crippen LogP contribution in [0.4, 0.5) is 0 Å². The van der Waals surface area contributed by atoms with Crippen molar-refractivity contribution in [3.05, 3.63) is 220 Å². The molecule has 0 aliphatic rings. The Balaban J connectivity index is 0. The van der Waals surface area contributed by atoms with Gasteiger partial charge in [-0.1, -0.05) is 222 Å². The molecule has 0 fully saturated rings. The Morgan fingerprint density at radius 3 is 0.571 bits per heavy atom. The molecule has 0 saturated heterocycles. The first-order chi connectivity index (χ1) is 20.3. The molecule has 0 aliphatic carbocycles. The minimum atomic E-state index is 1.02. The van der Waals surface area contributed by atoms with E-state index in [1.807, 2.05) is 159 Å². The van der Waals surface area contributed by atoms with Crippen LogP contribution in [0.25, 0.3) is 24.3 Å². The summed E-state index contributed by atoms with van der Waals surface area (Å²) in [5.74, 6) is 0. The number of benzene rings is 4. The normalized spacial score (nSPS) is 8.05. The molecule has 0 unspecified atom stereocenters. The van der Waals surface area contributed by atoms with E-state index in [9.17, 15) is 0 Å². The van der Waals surface area contributed by atoms with Gasteiger partial charge in [0.15, 0.2) is 0 Å². The van der Waals surface area contributed by atoms with Gasteiger partial charge in [-0.15, -0.1) is 0 Å². The van der Waals surface area contributed by atoms with Gasteiger partial charge in [-0.25, -0.2) is 0 Å². The van der Waals surface area contributed by atoms with Crippen molar-refractivity contribution in [1.29, 1.82) is 0 Å². The van der Waals surface area contributed by atoms with Crippen LogP contribution >= 0.6 is 0 Å². The zero-order chi connectivity index (χ0) is 31.8. The molecular formula is C42H48. The van der Waals surface area contributed by atoms with Gasteiger partial charge in [0.05, 0.1) is 0 Å². The van der Waals surface area contributed by atoms with E-state index >= 15 is 0 Å². The van der Waals surface area contributed by atoms with E-state index in [0.29, 0.717) is 0 Å². The van der Waals surface area contributed by atoms with E-state index in [0.717, 1.165) is 11.1 Å². The van der Waals surface area contributed by atoms with Crippen LogP contribution in [0.3, 0.4) is 0 Å². The fourth-order valence-corrected chi connectivity index (χ4v) is 2.36. The molecular weight excluding hydrogens is 504 g/mol. The highest BCUT2D eigenvalue weighted by molar-refractivity contribution is 5.47. The average molecular weight is 553 g/mol. The van der Waals surface area contributed by atoms with E-state index in [-0.39, 0.29) is 0 Å². The largest absolute Gasteiger partial charge is 0.0988 e. The highest BCUT2D eigenvalue weighted by Gasteiger charge is 1.78. The molecule has 4 aromatic rings. The Morgan fingerprint density at radius 1 is 0.357 bits per heavy atom. The van der Waals surface area contributed by atoms with Gasteiger partial charge in [0.25, 0.3) is 0 Å². The first-order valence-corrected chi connectivity index (χ1v) is 13.5. The van der Waals surface area contributed by atoms with E-state index in [1.54, 1.807) is 12.2 Å². The van der Waals surface area contributed by atoms with E-state index in [1.165, 1.54) is 22.3 Å². The van der Waals surface area contributed by atoms with Crippen molar-refractivity contribution in [1.82, 2.24) is 0 Å². The fourth-order valence-electron chi connectivity index (χ4n) is 2.36. The molecule has 0 aromatic heterocycles. The quantitative estimate of drug-likeness (QED) is 0.209. The Bertz CT molecular complexity index is 1080. The molecule has 0 saturated carbocycles. The lowest BCUT2D eigenvalue weighted by Crippen LogP contribution is -1.63. The van der Waals surface area contributed by atoms with Crippen molar-refractivity contribution in [2.75, 3.05) is 0 Å². The molecule has 0 bridgehead atoms. The van der Waals surface area contributed by atoms with Crippen molar-refractivity contribution in [2.45, 2.75) is 13.8 Å². The van der Waals surface area contributed by atoms with Crippen LogP contribution in [0.5, 0.6) is 0 Å². The summed E-state index contributed by atoms with van der Waals surface area (Å²) in [7, 11) is 0. The van der Waals surface area contributed by atoms with Gasteiger partial charge in [0, 0.05) is 0 Å². The average Bonchev–Trinajstić information content (AvgIpc) is 3.07. The molecule has 0 amide bonds. The smallest absolute Gasteiger partial charge is 0.0263 e. The Hall–Kier alpha value is -5.20. The fraction of sp³-hybridized carbons (Fsp3) is 0.0476. The second-order valence-corrected chi connectivity index (χ2v) is 8.56. The van der Waals surface area contributed by atoms with Crippen molar-refractivity contribution in [2.24, 2.45) is 0 Å². The molecule has 0 radical (unpaired) electrons. The Morgan fingerprint density at radius 2 is 0.500 bits per heavy atom. The molecule has 0 spiro atoms. The minimum Gasteiger partial charge on any atom is -0.0988 e.